The Kier molecular flexibility index (Phi) is 8.89. The fraction of sp³-hybridized carbons (Fsp3) is 0.333. The van der Waals surface area contributed by atoms with Crippen molar-refractivity contribution in [3.05, 3.63) is 81.3 Å². The molecule has 2 aliphatic rings. The zero-order chi connectivity index (χ0) is 27.2. The van der Waals surface area contributed by atoms with Gasteiger partial charge in [-0.2, -0.15) is 0 Å². The number of H-pyrrole nitrogens is 1. The van der Waals surface area contributed by atoms with Crippen LogP contribution < -0.4 is 20.7 Å². The van der Waals surface area contributed by atoms with Crippen LogP contribution in [-0.2, 0) is 6.54 Å². The van der Waals surface area contributed by atoms with Crippen LogP contribution in [0.2, 0.25) is 0 Å². The SMILES string of the molecule is COc1cccc2c1[C@@H]1CN(CCCCn3c(=O)[nH]c4c(sc5ccc(-c6cccnc6)nc54)c3=O)C[C@@H]1CO2.Cl.Cl. The van der Waals surface area contributed by atoms with Gasteiger partial charge in [0.1, 0.15) is 21.7 Å². The smallest absolute Gasteiger partial charge is 0.328 e. The lowest BCUT2D eigenvalue weighted by Gasteiger charge is -2.29. The van der Waals surface area contributed by atoms with Gasteiger partial charge >= 0.3 is 5.69 Å². The highest BCUT2D eigenvalue weighted by molar-refractivity contribution is 7.25. The summed E-state index contributed by atoms with van der Waals surface area (Å²) in [6.07, 6.45) is 5.10. The highest BCUT2D eigenvalue weighted by Gasteiger charge is 2.40. The maximum absolute atomic E-state index is 13.4. The number of aromatic nitrogens is 4. The number of thiophene rings is 1. The number of benzene rings is 1. The molecule has 1 fully saturated rings. The molecule has 6 heterocycles. The number of fused-ring (bicyclic) bond motifs is 6. The zero-order valence-corrected chi connectivity index (χ0v) is 25.4. The van der Waals surface area contributed by atoms with E-state index in [0.717, 1.165) is 66.5 Å². The molecule has 0 spiro atoms. The van der Waals surface area contributed by atoms with E-state index >= 15 is 0 Å². The van der Waals surface area contributed by atoms with E-state index in [2.05, 4.69) is 14.9 Å². The minimum atomic E-state index is -0.390. The van der Waals surface area contributed by atoms with E-state index < -0.39 is 0 Å². The van der Waals surface area contributed by atoms with E-state index in [4.69, 9.17) is 14.5 Å². The average molecular weight is 629 g/mol. The number of nitrogens with zero attached hydrogens (tertiary/aromatic N) is 4. The lowest BCUT2D eigenvalue weighted by atomic mass is 9.86. The number of likely N-dealkylation sites (tertiary alicyclic amines) is 1. The minimum Gasteiger partial charge on any atom is -0.496 e. The molecular formula is C30H31Cl2N5O4S. The quantitative estimate of drug-likeness (QED) is 0.250. The summed E-state index contributed by atoms with van der Waals surface area (Å²) in [7, 11) is 1.71. The van der Waals surface area contributed by atoms with Crippen LogP contribution in [0.25, 0.3) is 31.7 Å². The summed E-state index contributed by atoms with van der Waals surface area (Å²) < 4.78 is 14.4. The van der Waals surface area contributed by atoms with Crippen molar-refractivity contribution in [2.24, 2.45) is 5.92 Å². The first-order valence-electron chi connectivity index (χ1n) is 13.6. The second kappa shape index (κ2) is 12.4. The molecule has 0 aliphatic carbocycles. The van der Waals surface area contributed by atoms with Gasteiger partial charge in [-0.15, -0.1) is 36.2 Å². The van der Waals surface area contributed by atoms with Crippen molar-refractivity contribution in [3.8, 4) is 22.8 Å². The fourth-order valence-electron chi connectivity index (χ4n) is 6.14. The van der Waals surface area contributed by atoms with E-state index in [1.165, 1.54) is 21.5 Å². The van der Waals surface area contributed by atoms with Gasteiger partial charge in [0.15, 0.2) is 0 Å². The molecule has 0 saturated carbocycles. The predicted molar refractivity (Wildman–Crippen MR) is 170 cm³/mol. The molecule has 1 N–H and O–H groups in total. The number of hydrogen-bond acceptors (Lipinski definition) is 8. The Balaban J connectivity index is 0.00000176. The van der Waals surface area contributed by atoms with Crippen LogP contribution in [0.5, 0.6) is 11.5 Å². The van der Waals surface area contributed by atoms with Crippen LogP contribution in [0.3, 0.4) is 0 Å². The molecule has 42 heavy (non-hydrogen) atoms. The first-order chi connectivity index (χ1) is 19.6. The summed E-state index contributed by atoms with van der Waals surface area (Å²) in [5, 5.41) is 0. The van der Waals surface area contributed by atoms with Crippen LogP contribution in [0, 0.1) is 5.92 Å². The van der Waals surface area contributed by atoms with Crippen LogP contribution in [0.15, 0.2) is 64.4 Å². The fourth-order valence-corrected chi connectivity index (χ4v) is 7.19. The summed E-state index contributed by atoms with van der Waals surface area (Å²) in [4.78, 5) is 40.7. The first kappa shape index (κ1) is 30.0. The summed E-state index contributed by atoms with van der Waals surface area (Å²) >= 11 is 1.37. The number of hydrogen-bond donors (Lipinski definition) is 1. The Morgan fingerprint density at radius 2 is 1.93 bits per heavy atom. The molecule has 1 aromatic carbocycles. The average Bonchev–Trinajstić information content (AvgIpc) is 3.58. The van der Waals surface area contributed by atoms with Crippen LogP contribution in [-0.4, -0.2) is 57.8 Å². The van der Waals surface area contributed by atoms with E-state index in [9.17, 15) is 9.59 Å². The highest BCUT2D eigenvalue weighted by Crippen LogP contribution is 2.46. The van der Waals surface area contributed by atoms with Gasteiger partial charge in [0.25, 0.3) is 5.56 Å². The van der Waals surface area contributed by atoms with Crippen LogP contribution in [0.4, 0.5) is 0 Å². The largest absolute Gasteiger partial charge is 0.496 e. The lowest BCUT2D eigenvalue weighted by molar-refractivity contribution is 0.209. The van der Waals surface area contributed by atoms with Gasteiger partial charge in [0.05, 0.1) is 29.6 Å². The third kappa shape index (κ3) is 5.28. The second-order valence-electron chi connectivity index (χ2n) is 10.5. The van der Waals surface area contributed by atoms with Crippen molar-refractivity contribution in [1.82, 2.24) is 24.4 Å². The molecule has 2 aliphatic heterocycles. The molecule has 0 bridgehead atoms. The highest BCUT2D eigenvalue weighted by atomic mass is 35.5. The second-order valence-corrected chi connectivity index (χ2v) is 11.5. The number of pyridine rings is 2. The van der Waals surface area contributed by atoms with Crippen molar-refractivity contribution < 1.29 is 9.47 Å². The number of aromatic amines is 1. The van der Waals surface area contributed by atoms with Crippen molar-refractivity contribution in [2.75, 3.05) is 33.4 Å². The van der Waals surface area contributed by atoms with E-state index in [-0.39, 0.29) is 36.1 Å². The number of unbranched alkanes of at least 4 members (excludes halogenated alkanes) is 1. The number of nitrogens with one attached hydrogen (secondary N) is 1. The Morgan fingerprint density at radius 1 is 1.07 bits per heavy atom. The first-order valence-corrected chi connectivity index (χ1v) is 14.4. The minimum absolute atomic E-state index is 0. The molecule has 9 nitrogen and oxygen atoms in total. The summed E-state index contributed by atoms with van der Waals surface area (Å²) in [5.41, 5.74) is 3.32. The molecule has 7 rings (SSSR count). The van der Waals surface area contributed by atoms with Crippen molar-refractivity contribution >= 4 is 56.6 Å². The molecule has 12 heteroatoms. The molecule has 1 saturated heterocycles. The zero-order valence-electron chi connectivity index (χ0n) is 22.9. The molecule has 4 aromatic heterocycles. The summed E-state index contributed by atoms with van der Waals surface area (Å²) in [6, 6.07) is 13.7. The van der Waals surface area contributed by atoms with Gasteiger partial charge in [0, 0.05) is 55.0 Å². The molecule has 2 atom stereocenters. The molecule has 0 unspecified atom stereocenters. The van der Waals surface area contributed by atoms with E-state index in [0.29, 0.717) is 34.1 Å². The Hall–Kier alpha value is -3.44. The van der Waals surface area contributed by atoms with Crippen molar-refractivity contribution in [2.45, 2.75) is 25.3 Å². The summed E-state index contributed by atoms with van der Waals surface area (Å²) in [6.45, 7) is 3.96. The van der Waals surface area contributed by atoms with Crippen LogP contribution >= 0.6 is 36.2 Å². The molecular weight excluding hydrogens is 597 g/mol. The Labute approximate surface area is 258 Å². The van der Waals surface area contributed by atoms with Gasteiger partial charge in [-0.3, -0.25) is 14.3 Å². The van der Waals surface area contributed by atoms with Gasteiger partial charge < -0.3 is 19.4 Å². The third-order valence-electron chi connectivity index (χ3n) is 8.10. The molecule has 5 aromatic rings. The molecule has 220 valence electrons. The maximum Gasteiger partial charge on any atom is 0.328 e. The van der Waals surface area contributed by atoms with Crippen LogP contribution in [0.1, 0.15) is 24.3 Å². The maximum atomic E-state index is 13.4. The van der Waals surface area contributed by atoms with E-state index in [1.54, 1.807) is 19.5 Å². The number of halogens is 2. The summed E-state index contributed by atoms with van der Waals surface area (Å²) in [5.74, 6) is 2.67. The van der Waals surface area contributed by atoms with Crippen molar-refractivity contribution in [1.29, 1.82) is 0 Å². The van der Waals surface area contributed by atoms with E-state index in [1.807, 2.05) is 42.5 Å². The van der Waals surface area contributed by atoms with Gasteiger partial charge in [0.2, 0.25) is 0 Å². The number of methoxy groups -OCH3 is 1. The molecule has 0 radical (unpaired) electrons. The monoisotopic (exact) mass is 627 g/mol. The van der Waals surface area contributed by atoms with Gasteiger partial charge in [-0.05, 0) is 55.8 Å². The normalized spacial score (nSPS) is 17.6. The molecule has 0 amide bonds. The lowest BCUT2D eigenvalue weighted by Crippen LogP contribution is -2.34. The number of rotatable bonds is 7. The van der Waals surface area contributed by atoms with Gasteiger partial charge in [-0.1, -0.05) is 6.07 Å². The topological polar surface area (TPSA) is 102 Å². The van der Waals surface area contributed by atoms with Crippen molar-refractivity contribution in [3.63, 3.8) is 0 Å². The third-order valence-corrected chi connectivity index (χ3v) is 9.23. The van der Waals surface area contributed by atoms with Gasteiger partial charge in [-0.25, -0.2) is 9.78 Å². The number of ether oxygens (including phenoxy) is 2. The predicted octanol–water partition coefficient (Wildman–Crippen LogP) is 5.10. The Bertz CT molecular complexity index is 1830. The Morgan fingerprint density at radius 3 is 2.74 bits per heavy atom. The standard InChI is InChI=1S/C30H29N5O4S.2ClH/c1-38-22-7-4-8-23-25(22)20-16-34(15-19(20)17-39-23)12-2-3-13-35-29(36)28-27(33-30(35)37)26-24(40-28)10-9-21(32-26)18-6-5-11-31-14-18;;/h4-11,14,19-20H,2-3,12-13,15-17H2,1H3,(H,33,37);2*1H/t19-,20-;;/m1../s1.